The summed E-state index contributed by atoms with van der Waals surface area (Å²) in [6, 6.07) is 16.4. The van der Waals surface area contributed by atoms with Gasteiger partial charge >= 0.3 is 5.63 Å². The second-order valence-corrected chi connectivity index (χ2v) is 7.02. The third kappa shape index (κ3) is 3.01. The Bertz CT molecular complexity index is 978. The van der Waals surface area contributed by atoms with Crippen LogP contribution >= 0.6 is 0 Å². The second-order valence-electron chi connectivity index (χ2n) is 7.02. The van der Waals surface area contributed by atoms with Gasteiger partial charge in [-0.2, -0.15) is 0 Å². The molecule has 1 unspecified atom stereocenters. The molecule has 4 rings (SSSR count). The largest absolute Gasteiger partial charge is 0.445 e. The summed E-state index contributed by atoms with van der Waals surface area (Å²) >= 11 is 0. The van der Waals surface area contributed by atoms with Crippen molar-refractivity contribution < 1.29 is 14.1 Å². The molecule has 0 aliphatic carbocycles. The molecular formula is C22H24NO3+. The van der Waals surface area contributed by atoms with Crippen molar-refractivity contribution >= 4 is 11.0 Å². The smallest absolute Gasteiger partial charge is 0.336 e. The molecule has 0 bridgehead atoms. The van der Waals surface area contributed by atoms with Crippen LogP contribution in [0.15, 0.2) is 57.7 Å². The van der Waals surface area contributed by atoms with Crippen molar-refractivity contribution in [3.8, 4) is 5.75 Å². The molecule has 1 aromatic heterocycles. The van der Waals surface area contributed by atoms with Gasteiger partial charge in [0, 0.05) is 17.0 Å². The average Bonchev–Trinajstić information content (AvgIpc) is 2.67. The van der Waals surface area contributed by atoms with Crippen molar-refractivity contribution in [3.63, 3.8) is 0 Å². The number of benzene rings is 2. The number of fused-ring (bicyclic) bond motifs is 3. The number of hydrogen-bond donors (Lipinski definition) is 1. The Balaban J connectivity index is 1.76. The monoisotopic (exact) mass is 350 g/mol. The Kier molecular flexibility index (Phi) is 4.51. The molecular weight excluding hydrogens is 326 g/mol. The second kappa shape index (κ2) is 6.96. The summed E-state index contributed by atoms with van der Waals surface area (Å²) in [6.45, 7) is 5.72. The molecule has 4 heteroatoms. The Labute approximate surface area is 153 Å². The number of ether oxygens (including phenoxy) is 1. The zero-order chi connectivity index (χ0) is 18.1. The third-order valence-electron chi connectivity index (χ3n) is 5.31. The molecule has 0 spiro atoms. The number of rotatable bonds is 4. The first-order valence-electron chi connectivity index (χ1n) is 9.28. The minimum absolute atomic E-state index is 0.280. The molecule has 134 valence electrons. The van der Waals surface area contributed by atoms with Gasteiger partial charge < -0.3 is 9.15 Å². The molecule has 0 radical (unpaired) electrons. The van der Waals surface area contributed by atoms with E-state index < -0.39 is 0 Å². The van der Waals surface area contributed by atoms with Gasteiger partial charge in [0.25, 0.3) is 0 Å². The Morgan fingerprint density at radius 2 is 1.96 bits per heavy atom. The van der Waals surface area contributed by atoms with Gasteiger partial charge in [-0.05, 0) is 31.0 Å². The summed E-state index contributed by atoms with van der Waals surface area (Å²) in [7, 11) is 0. The Hall–Kier alpha value is -2.59. The summed E-state index contributed by atoms with van der Waals surface area (Å²) in [6.07, 6.45) is 1.87. The third-order valence-corrected chi connectivity index (χ3v) is 5.31. The van der Waals surface area contributed by atoms with Crippen LogP contribution in [0.5, 0.6) is 5.75 Å². The lowest BCUT2D eigenvalue weighted by molar-refractivity contribution is -0.960. The van der Waals surface area contributed by atoms with E-state index in [0.29, 0.717) is 18.4 Å². The van der Waals surface area contributed by atoms with Gasteiger partial charge in [-0.15, -0.1) is 0 Å². The van der Waals surface area contributed by atoms with E-state index in [1.165, 1.54) is 10.5 Å². The van der Waals surface area contributed by atoms with Gasteiger partial charge in [-0.25, -0.2) is 4.79 Å². The maximum atomic E-state index is 12.1. The minimum Gasteiger partial charge on any atom is -0.445 e. The predicted octanol–water partition coefficient (Wildman–Crippen LogP) is 3.24. The van der Waals surface area contributed by atoms with E-state index in [1.54, 1.807) is 6.07 Å². The van der Waals surface area contributed by atoms with Crippen molar-refractivity contribution in [2.75, 3.05) is 6.73 Å². The van der Waals surface area contributed by atoms with E-state index in [0.717, 1.165) is 41.6 Å². The number of nitrogens with one attached hydrogen (secondary N) is 1. The minimum atomic E-state index is -0.280. The quantitative estimate of drug-likeness (QED) is 0.735. The molecule has 1 aliphatic rings. The van der Waals surface area contributed by atoms with Crippen LogP contribution in [0.1, 0.15) is 43.0 Å². The van der Waals surface area contributed by atoms with E-state index >= 15 is 0 Å². The summed E-state index contributed by atoms with van der Waals surface area (Å²) in [5, 5.41) is 1.03. The first-order valence-corrected chi connectivity index (χ1v) is 9.28. The van der Waals surface area contributed by atoms with Crippen LogP contribution in [-0.4, -0.2) is 6.73 Å². The fraction of sp³-hybridized carbons (Fsp3) is 0.318. The van der Waals surface area contributed by atoms with E-state index in [1.807, 2.05) is 18.2 Å². The van der Waals surface area contributed by atoms with Crippen LogP contribution in [0.25, 0.3) is 11.0 Å². The molecule has 0 saturated heterocycles. The molecule has 2 aromatic carbocycles. The topological polar surface area (TPSA) is 43.9 Å². The first kappa shape index (κ1) is 16.9. The van der Waals surface area contributed by atoms with Gasteiger partial charge in [0.05, 0.1) is 5.56 Å². The lowest BCUT2D eigenvalue weighted by Crippen LogP contribution is -3.12. The van der Waals surface area contributed by atoms with Crippen LogP contribution in [-0.2, 0) is 13.0 Å². The molecule has 0 saturated carbocycles. The molecule has 3 aromatic rings. The van der Waals surface area contributed by atoms with Crippen LogP contribution in [0, 0.1) is 0 Å². The number of aryl methyl sites for hydroxylation is 1. The van der Waals surface area contributed by atoms with E-state index in [4.69, 9.17) is 9.15 Å². The molecule has 0 amide bonds. The highest BCUT2D eigenvalue weighted by atomic mass is 16.5. The number of quaternary nitrogens is 1. The first-order chi connectivity index (χ1) is 12.7. The molecule has 4 nitrogen and oxygen atoms in total. The molecule has 1 N–H and O–H groups in total. The fourth-order valence-electron chi connectivity index (χ4n) is 3.81. The van der Waals surface area contributed by atoms with E-state index in [2.05, 4.69) is 38.1 Å². The van der Waals surface area contributed by atoms with Crippen LogP contribution in [0.3, 0.4) is 0 Å². The lowest BCUT2D eigenvalue weighted by atomic mass is 10.0. The maximum absolute atomic E-state index is 12.1. The zero-order valence-electron chi connectivity index (χ0n) is 15.2. The highest BCUT2D eigenvalue weighted by molar-refractivity contribution is 5.85. The van der Waals surface area contributed by atoms with Crippen molar-refractivity contribution in [3.05, 3.63) is 75.6 Å². The Morgan fingerprint density at radius 3 is 2.73 bits per heavy atom. The molecule has 2 atom stereocenters. The maximum Gasteiger partial charge on any atom is 0.336 e. The Morgan fingerprint density at radius 1 is 1.15 bits per heavy atom. The van der Waals surface area contributed by atoms with Crippen LogP contribution < -0.4 is 15.3 Å². The predicted molar refractivity (Wildman–Crippen MR) is 101 cm³/mol. The number of hydrogen-bond acceptors (Lipinski definition) is 3. The van der Waals surface area contributed by atoms with Crippen molar-refractivity contribution in [1.82, 2.24) is 0 Å². The standard InChI is InChI=1S/C22H23NO3/c1-3-7-17-12-21(24)26-22-18(17)10-11-20-19(22)13-23(14-25-20)15(2)16-8-5-4-6-9-16/h4-6,8-12,15H,3,7,13-14H2,1-2H3/p+1/t15-/m0/s1. The summed E-state index contributed by atoms with van der Waals surface area (Å²) in [5.74, 6) is 0.832. The van der Waals surface area contributed by atoms with Gasteiger partial charge in [0.15, 0.2) is 5.58 Å². The van der Waals surface area contributed by atoms with Gasteiger partial charge in [-0.1, -0.05) is 43.7 Å². The molecule has 2 heterocycles. The fourth-order valence-corrected chi connectivity index (χ4v) is 3.81. The lowest BCUT2D eigenvalue weighted by Gasteiger charge is -2.31. The van der Waals surface area contributed by atoms with E-state index in [-0.39, 0.29) is 5.63 Å². The molecule has 1 aliphatic heterocycles. The van der Waals surface area contributed by atoms with Crippen LogP contribution in [0.2, 0.25) is 0 Å². The average molecular weight is 350 g/mol. The highest BCUT2D eigenvalue weighted by Gasteiger charge is 2.29. The van der Waals surface area contributed by atoms with Crippen molar-refractivity contribution in [2.45, 2.75) is 39.3 Å². The summed E-state index contributed by atoms with van der Waals surface area (Å²) in [5.41, 5.74) is 3.75. The summed E-state index contributed by atoms with van der Waals surface area (Å²) < 4.78 is 11.7. The van der Waals surface area contributed by atoms with Crippen LogP contribution in [0.4, 0.5) is 0 Å². The normalized spacial score (nSPS) is 17.5. The van der Waals surface area contributed by atoms with Gasteiger partial charge in [-0.3, -0.25) is 4.90 Å². The SMILES string of the molecule is CCCc1cc(=O)oc2c3c(ccc12)OC[NH+]([C@@H](C)c1ccccc1)C3. The summed E-state index contributed by atoms with van der Waals surface area (Å²) in [4.78, 5) is 13.4. The van der Waals surface area contributed by atoms with Gasteiger partial charge in [0.1, 0.15) is 18.3 Å². The highest BCUT2D eigenvalue weighted by Crippen LogP contribution is 2.30. The van der Waals surface area contributed by atoms with Crippen molar-refractivity contribution in [1.29, 1.82) is 0 Å². The van der Waals surface area contributed by atoms with Gasteiger partial charge in [0.2, 0.25) is 6.73 Å². The van der Waals surface area contributed by atoms with E-state index in [9.17, 15) is 4.79 Å². The zero-order valence-corrected chi connectivity index (χ0v) is 15.2. The molecule has 26 heavy (non-hydrogen) atoms. The molecule has 0 fully saturated rings. The van der Waals surface area contributed by atoms with Crippen molar-refractivity contribution in [2.24, 2.45) is 0 Å².